The van der Waals surface area contributed by atoms with Crippen LogP contribution in [0.3, 0.4) is 0 Å². The molecule has 3 heteroatoms. The molecule has 0 aliphatic heterocycles. The second-order valence-electron chi connectivity index (χ2n) is 15.0. The number of rotatable bonds is 5. The number of hydrogen-bond acceptors (Lipinski definition) is 2. The SMILES string of the molecule is CC1(C)c2ccccc2-c2ccc(N(c3ccc(-c4ccc5c(c4)c4ccccc4n5-c4ccccc4)cc3)c3cccc4c3oc3ccccc34)cc21. The lowest BCUT2D eigenvalue weighted by atomic mass is 9.82. The first-order chi connectivity index (χ1) is 26.5. The van der Waals surface area contributed by atoms with Crippen molar-refractivity contribution in [1.29, 1.82) is 0 Å². The summed E-state index contributed by atoms with van der Waals surface area (Å²) in [4.78, 5) is 2.37. The van der Waals surface area contributed by atoms with Gasteiger partial charge < -0.3 is 13.9 Å². The smallest absolute Gasteiger partial charge is 0.159 e. The molecule has 0 amide bonds. The predicted molar refractivity (Wildman–Crippen MR) is 226 cm³/mol. The number of anilines is 3. The first kappa shape index (κ1) is 30.8. The molecule has 8 aromatic carbocycles. The molecular formula is C51H36N2O. The number of benzene rings is 8. The minimum Gasteiger partial charge on any atom is -0.454 e. The minimum absolute atomic E-state index is 0.120. The predicted octanol–water partition coefficient (Wildman–Crippen LogP) is 14.1. The zero-order chi connectivity index (χ0) is 36.0. The van der Waals surface area contributed by atoms with Gasteiger partial charge in [-0.15, -0.1) is 0 Å². The van der Waals surface area contributed by atoms with Crippen LogP contribution in [0.1, 0.15) is 25.0 Å². The van der Waals surface area contributed by atoms with Gasteiger partial charge in [0.2, 0.25) is 0 Å². The van der Waals surface area contributed by atoms with Crippen LogP contribution in [0.5, 0.6) is 0 Å². The molecule has 0 radical (unpaired) electrons. The van der Waals surface area contributed by atoms with Gasteiger partial charge in [0.25, 0.3) is 0 Å². The molecule has 256 valence electrons. The quantitative estimate of drug-likeness (QED) is 0.179. The van der Waals surface area contributed by atoms with Gasteiger partial charge in [0.1, 0.15) is 5.58 Å². The summed E-state index contributed by atoms with van der Waals surface area (Å²) in [5.74, 6) is 0. The van der Waals surface area contributed by atoms with E-state index in [4.69, 9.17) is 4.42 Å². The number of nitrogens with zero attached hydrogens (tertiary/aromatic N) is 2. The van der Waals surface area contributed by atoms with Crippen molar-refractivity contribution in [3.05, 3.63) is 193 Å². The van der Waals surface area contributed by atoms with E-state index in [1.807, 2.05) is 6.07 Å². The highest BCUT2D eigenvalue weighted by molar-refractivity contribution is 6.11. The van der Waals surface area contributed by atoms with Crippen LogP contribution in [0, 0.1) is 0 Å². The average Bonchev–Trinajstić information content (AvgIpc) is 3.84. The second kappa shape index (κ2) is 11.6. The van der Waals surface area contributed by atoms with E-state index in [9.17, 15) is 0 Å². The topological polar surface area (TPSA) is 21.3 Å². The van der Waals surface area contributed by atoms with Crippen molar-refractivity contribution in [3.8, 4) is 27.9 Å². The van der Waals surface area contributed by atoms with Gasteiger partial charge in [0.15, 0.2) is 5.58 Å². The normalized spacial score (nSPS) is 13.1. The Hall–Kier alpha value is -6.84. The molecule has 10 aromatic rings. The lowest BCUT2D eigenvalue weighted by molar-refractivity contribution is 0.660. The molecule has 0 saturated heterocycles. The van der Waals surface area contributed by atoms with Gasteiger partial charge in [-0.2, -0.15) is 0 Å². The van der Waals surface area contributed by atoms with Crippen LogP contribution in [0.15, 0.2) is 186 Å². The molecule has 0 N–H and O–H groups in total. The fourth-order valence-corrected chi connectivity index (χ4v) is 8.98. The zero-order valence-electron chi connectivity index (χ0n) is 30.1. The highest BCUT2D eigenvalue weighted by Crippen LogP contribution is 2.51. The largest absolute Gasteiger partial charge is 0.454 e. The third-order valence-corrected chi connectivity index (χ3v) is 11.6. The molecule has 1 aliphatic carbocycles. The van der Waals surface area contributed by atoms with Crippen molar-refractivity contribution in [3.63, 3.8) is 0 Å². The second-order valence-corrected chi connectivity index (χ2v) is 15.0. The van der Waals surface area contributed by atoms with E-state index in [1.54, 1.807) is 0 Å². The standard InChI is InChI=1S/C51H36N2O/c1-51(2)44-19-9-6-15-38(44)39-29-28-37(32-45(39)51)52(48-21-12-18-42-41-17-8-11-22-49(41)54-50(42)48)36-26-23-33(24-27-36)34-25-30-47-43(31-34)40-16-7-10-20-46(40)53(47)35-13-4-3-5-14-35/h3-32H,1-2H3. The Bertz CT molecular complexity index is 3070. The van der Waals surface area contributed by atoms with Gasteiger partial charge in [0, 0.05) is 44.0 Å². The molecular weight excluding hydrogens is 657 g/mol. The molecule has 3 nitrogen and oxygen atoms in total. The van der Waals surface area contributed by atoms with Gasteiger partial charge in [-0.3, -0.25) is 0 Å². The first-order valence-electron chi connectivity index (χ1n) is 18.7. The Balaban J connectivity index is 1.06. The number of hydrogen-bond donors (Lipinski definition) is 0. The molecule has 0 fully saturated rings. The van der Waals surface area contributed by atoms with Crippen LogP contribution in [-0.2, 0) is 5.41 Å². The third kappa shape index (κ3) is 4.48. The molecule has 0 atom stereocenters. The minimum atomic E-state index is -0.120. The summed E-state index contributed by atoms with van der Waals surface area (Å²) < 4.78 is 9.02. The van der Waals surface area contributed by atoms with Gasteiger partial charge >= 0.3 is 0 Å². The van der Waals surface area contributed by atoms with Crippen molar-refractivity contribution in [1.82, 2.24) is 4.57 Å². The number of furan rings is 1. The van der Waals surface area contributed by atoms with E-state index in [2.05, 4.69) is 199 Å². The van der Waals surface area contributed by atoms with Crippen LogP contribution >= 0.6 is 0 Å². The van der Waals surface area contributed by atoms with Gasteiger partial charge in [-0.1, -0.05) is 129 Å². The summed E-state index contributed by atoms with van der Waals surface area (Å²) in [5, 5.41) is 4.73. The molecule has 0 saturated carbocycles. The van der Waals surface area contributed by atoms with Crippen molar-refractivity contribution >= 4 is 60.8 Å². The Labute approximate surface area is 314 Å². The summed E-state index contributed by atoms with van der Waals surface area (Å²) in [5.41, 5.74) is 16.1. The highest BCUT2D eigenvalue weighted by Gasteiger charge is 2.36. The fourth-order valence-electron chi connectivity index (χ4n) is 8.98. The van der Waals surface area contributed by atoms with E-state index in [0.29, 0.717) is 0 Å². The molecule has 2 heterocycles. The zero-order valence-corrected chi connectivity index (χ0v) is 30.1. The fraction of sp³-hybridized carbons (Fsp3) is 0.0588. The van der Waals surface area contributed by atoms with E-state index in [0.717, 1.165) is 39.0 Å². The summed E-state index contributed by atoms with van der Waals surface area (Å²) in [7, 11) is 0. The van der Waals surface area contributed by atoms with Crippen molar-refractivity contribution in [2.45, 2.75) is 19.3 Å². The molecule has 0 spiro atoms. The highest BCUT2D eigenvalue weighted by atomic mass is 16.3. The maximum atomic E-state index is 6.65. The van der Waals surface area contributed by atoms with Crippen molar-refractivity contribution in [2.24, 2.45) is 0 Å². The summed E-state index contributed by atoms with van der Waals surface area (Å²) in [6.45, 7) is 4.68. The number of fused-ring (bicyclic) bond motifs is 9. The van der Waals surface area contributed by atoms with Gasteiger partial charge in [-0.25, -0.2) is 0 Å². The average molecular weight is 693 g/mol. The molecule has 0 unspecified atom stereocenters. The monoisotopic (exact) mass is 692 g/mol. The molecule has 2 aromatic heterocycles. The molecule has 1 aliphatic rings. The van der Waals surface area contributed by atoms with E-state index < -0.39 is 0 Å². The van der Waals surface area contributed by atoms with Crippen molar-refractivity contribution in [2.75, 3.05) is 4.90 Å². The van der Waals surface area contributed by atoms with Crippen LogP contribution in [0.25, 0.3) is 71.7 Å². The lowest BCUT2D eigenvalue weighted by Gasteiger charge is -2.28. The van der Waals surface area contributed by atoms with Crippen LogP contribution < -0.4 is 4.90 Å². The summed E-state index contributed by atoms with van der Waals surface area (Å²) >= 11 is 0. The Kier molecular flexibility index (Phi) is 6.60. The third-order valence-electron chi connectivity index (χ3n) is 11.6. The molecule has 0 bridgehead atoms. The van der Waals surface area contributed by atoms with Gasteiger partial charge in [-0.05, 0) is 100 Å². The number of para-hydroxylation sites is 4. The van der Waals surface area contributed by atoms with E-state index >= 15 is 0 Å². The van der Waals surface area contributed by atoms with Crippen LogP contribution in [0.4, 0.5) is 17.1 Å². The summed E-state index contributed by atoms with van der Waals surface area (Å²) in [6, 6.07) is 65.8. The van der Waals surface area contributed by atoms with Crippen LogP contribution in [-0.4, -0.2) is 4.57 Å². The molecule has 54 heavy (non-hydrogen) atoms. The number of aromatic nitrogens is 1. The van der Waals surface area contributed by atoms with Gasteiger partial charge in [0.05, 0.1) is 16.7 Å². The summed E-state index contributed by atoms with van der Waals surface area (Å²) in [6.07, 6.45) is 0. The van der Waals surface area contributed by atoms with E-state index in [1.165, 1.54) is 60.9 Å². The first-order valence-corrected chi connectivity index (χ1v) is 18.7. The Morgan fingerprint density at radius 3 is 2.00 bits per heavy atom. The Morgan fingerprint density at radius 2 is 1.13 bits per heavy atom. The molecule has 11 rings (SSSR count). The maximum Gasteiger partial charge on any atom is 0.159 e. The lowest BCUT2D eigenvalue weighted by Crippen LogP contribution is -2.16. The van der Waals surface area contributed by atoms with Crippen LogP contribution in [0.2, 0.25) is 0 Å². The maximum absolute atomic E-state index is 6.65. The Morgan fingerprint density at radius 1 is 0.463 bits per heavy atom. The van der Waals surface area contributed by atoms with Crippen molar-refractivity contribution < 1.29 is 4.42 Å². The van der Waals surface area contributed by atoms with E-state index in [-0.39, 0.29) is 5.41 Å².